The molecule has 2 N–H and O–H groups in total. The van der Waals surface area contributed by atoms with Gasteiger partial charge in [0.25, 0.3) is 0 Å². The standard InChI is InChI=1S/C23H28O4/c1-22(2,3)18-9-14(12-24)7-16(20(18)26)11-17-8-15(13-25)10-19(21(17)27)23(4,5)6/h7-10,12-13,26-27H,11H2,1-6H3. The van der Waals surface area contributed by atoms with Crippen molar-refractivity contribution in [2.24, 2.45) is 0 Å². The van der Waals surface area contributed by atoms with Gasteiger partial charge in [-0.05, 0) is 46.2 Å². The molecule has 0 bridgehead atoms. The first kappa shape index (κ1) is 20.7. The maximum Gasteiger partial charge on any atom is 0.150 e. The minimum Gasteiger partial charge on any atom is -0.507 e. The molecule has 0 heterocycles. The van der Waals surface area contributed by atoms with Crippen molar-refractivity contribution in [3.63, 3.8) is 0 Å². The van der Waals surface area contributed by atoms with Crippen molar-refractivity contribution in [3.05, 3.63) is 57.6 Å². The van der Waals surface area contributed by atoms with E-state index in [0.29, 0.717) is 33.4 Å². The molecule has 0 unspecified atom stereocenters. The zero-order valence-electron chi connectivity index (χ0n) is 16.9. The molecule has 0 fully saturated rings. The Balaban J connectivity index is 2.67. The van der Waals surface area contributed by atoms with E-state index < -0.39 is 0 Å². The second-order valence-electron chi connectivity index (χ2n) is 9.06. The number of carbonyl (C=O) groups is 2. The number of hydrogen-bond donors (Lipinski definition) is 2. The Labute approximate surface area is 160 Å². The number of phenols is 2. The van der Waals surface area contributed by atoms with Crippen LogP contribution in [0, 0.1) is 0 Å². The van der Waals surface area contributed by atoms with Crippen molar-refractivity contribution in [2.45, 2.75) is 58.8 Å². The fourth-order valence-corrected chi connectivity index (χ4v) is 3.19. The molecule has 2 rings (SSSR count). The van der Waals surface area contributed by atoms with E-state index >= 15 is 0 Å². The second kappa shape index (κ2) is 7.18. The van der Waals surface area contributed by atoms with E-state index in [4.69, 9.17) is 0 Å². The number of phenolic OH excluding ortho intramolecular Hbond substituents is 2. The van der Waals surface area contributed by atoms with Crippen LogP contribution in [-0.2, 0) is 17.3 Å². The summed E-state index contributed by atoms with van der Waals surface area (Å²) >= 11 is 0. The summed E-state index contributed by atoms with van der Waals surface area (Å²) in [7, 11) is 0. The Morgan fingerprint density at radius 3 is 1.30 bits per heavy atom. The molecule has 0 saturated heterocycles. The summed E-state index contributed by atoms with van der Waals surface area (Å²) in [6, 6.07) is 6.63. The summed E-state index contributed by atoms with van der Waals surface area (Å²) in [6.07, 6.45) is 1.72. The predicted molar refractivity (Wildman–Crippen MR) is 107 cm³/mol. The van der Waals surface area contributed by atoms with E-state index in [9.17, 15) is 19.8 Å². The third-order valence-electron chi connectivity index (χ3n) is 4.69. The highest BCUT2D eigenvalue weighted by Crippen LogP contribution is 2.39. The second-order valence-corrected chi connectivity index (χ2v) is 9.06. The molecule has 0 saturated carbocycles. The summed E-state index contributed by atoms with van der Waals surface area (Å²) in [5.41, 5.74) is 2.67. The van der Waals surface area contributed by atoms with Crippen LogP contribution in [0.5, 0.6) is 11.5 Å². The maximum atomic E-state index is 11.4. The van der Waals surface area contributed by atoms with E-state index in [0.717, 1.165) is 12.6 Å². The molecule has 0 atom stereocenters. The fraction of sp³-hybridized carbons (Fsp3) is 0.391. The summed E-state index contributed by atoms with van der Waals surface area (Å²) < 4.78 is 0. The zero-order valence-corrected chi connectivity index (χ0v) is 16.9. The molecule has 27 heavy (non-hydrogen) atoms. The normalized spacial score (nSPS) is 12.1. The van der Waals surface area contributed by atoms with Crippen molar-refractivity contribution < 1.29 is 19.8 Å². The van der Waals surface area contributed by atoms with Gasteiger partial charge in [0.15, 0.2) is 0 Å². The smallest absolute Gasteiger partial charge is 0.150 e. The molecule has 4 nitrogen and oxygen atoms in total. The van der Waals surface area contributed by atoms with Crippen molar-refractivity contribution in [1.82, 2.24) is 0 Å². The van der Waals surface area contributed by atoms with Crippen LogP contribution < -0.4 is 0 Å². The van der Waals surface area contributed by atoms with Gasteiger partial charge in [0, 0.05) is 28.7 Å². The monoisotopic (exact) mass is 368 g/mol. The summed E-state index contributed by atoms with van der Waals surface area (Å²) in [5.74, 6) is 0.225. The Bertz CT molecular complexity index is 807. The number of aldehydes is 2. The Hall–Kier alpha value is -2.62. The lowest BCUT2D eigenvalue weighted by Crippen LogP contribution is -2.14. The van der Waals surface area contributed by atoms with Gasteiger partial charge in [-0.15, -0.1) is 0 Å². The van der Waals surface area contributed by atoms with E-state index in [1.54, 1.807) is 24.3 Å². The molecule has 144 valence electrons. The van der Waals surface area contributed by atoms with Crippen molar-refractivity contribution in [1.29, 1.82) is 0 Å². The number of hydrogen-bond acceptors (Lipinski definition) is 4. The quantitative estimate of drug-likeness (QED) is 0.752. The number of carbonyl (C=O) groups excluding carboxylic acids is 2. The largest absolute Gasteiger partial charge is 0.507 e. The van der Waals surface area contributed by atoms with Crippen molar-refractivity contribution in [3.8, 4) is 11.5 Å². The highest BCUT2D eigenvalue weighted by atomic mass is 16.3. The molecule has 0 amide bonds. The van der Waals surface area contributed by atoms with Gasteiger partial charge in [-0.2, -0.15) is 0 Å². The lowest BCUT2D eigenvalue weighted by Gasteiger charge is -2.24. The van der Waals surface area contributed by atoms with Crippen LogP contribution in [-0.4, -0.2) is 22.8 Å². The molecule has 0 spiro atoms. The van der Waals surface area contributed by atoms with E-state index in [2.05, 4.69) is 0 Å². The van der Waals surface area contributed by atoms with Crippen molar-refractivity contribution in [2.75, 3.05) is 0 Å². The topological polar surface area (TPSA) is 74.6 Å². The maximum absolute atomic E-state index is 11.4. The summed E-state index contributed by atoms with van der Waals surface area (Å²) in [6.45, 7) is 11.8. The third kappa shape index (κ3) is 4.38. The van der Waals surface area contributed by atoms with Crippen LogP contribution in [0.1, 0.15) is 84.5 Å². The zero-order chi connectivity index (χ0) is 20.6. The number of benzene rings is 2. The molecule has 2 aromatic carbocycles. The van der Waals surface area contributed by atoms with Crippen LogP contribution in [0.15, 0.2) is 24.3 Å². The average Bonchev–Trinajstić information content (AvgIpc) is 2.56. The Morgan fingerprint density at radius 1 is 0.704 bits per heavy atom. The van der Waals surface area contributed by atoms with Crippen LogP contribution in [0.25, 0.3) is 0 Å². The van der Waals surface area contributed by atoms with Gasteiger partial charge < -0.3 is 10.2 Å². The first-order valence-electron chi connectivity index (χ1n) is 9.01. The summed E-state index contributed by atoms with van der Waals surface area (Å²) in [5, 5.41) is 21.6. The van der Waals surface area contributed by atoms with Gasteiger partial charge in [-0.3, -0.25) is 9.59 Å². The van der Waals surface area contributed by atoms with E-state index in [1.165, 1.54) is 0 Å². The summed E-state index contributed by atoms with van der Waals surface area (Å²) in [4.78, 5) is 22.8. The predicted octanol–water partition coefficient (Wildman–Crippen LogP) is 4.91. The minimum atomic E-state index is -0.346. The minimum absolute atomic E-state index is 0.112. The molecule has 0 radical (unpaired) electrons. The van der Waals surface area contributed by atoms with E-state index in [-0.39, 0.29) is 28.7 Å². The SMILES string of the molecule is CC(C)(C)c1cc(C=O)cc(Cc2cc(C=O)cc(C(C)(C)C)c2O)c1O. The van der Waals surface area contributed by atoms with Gasteiger partial charge in [-0.25, -0.2) is 0 Å². The molecule has 0 aliphatic carbocycles. The van der Waals surface area contributed by atoms with Crippen LogP contribution in [0.3, 0.4) is 0 Å². The number of rotatable bonds is 4. The first-order chi connectivity index (χ1) is 12.4. The molecule has 0 aliphatic heterocycles. The molecular formula is C23H28O4. The highest BCUT2D eigenvalue weighted by molar-refractivity contribution is 5.78. The Kier molecular flexibility index (Phi) is 5.50. The fourth-order valence-electron chi connectivity index (χ4n) is 3.19. The average molecular weight is 368 g/mol. The van der Waals surface area contributed by atoms with Gasteiger partial charge in [-0.1, -0.05) is 41.5 Å². The van der Waals surface area contributed by atoms with Crippen LogP contribution in [0.2, 0.25) is 0 Å². The molecular weight excluding hydrogens is 340 g/mol. The molecule has 0 aliphatic rings. The lowest BCUT2D eigenvalue weighted by molar-refractivity contribution is 0.111. The molecule has 0 aromatic heterocycles. The van der Waals surface area contributed by atoms with Gasteiger partial charge >= 0.3 is 0 Å². The van der Waals surface area contributed by atoms with E-state index in [1.807, 2.05) is 41.5 Å². The van der Waals surface area contributed by atoms with Crippen LogP contribution >= 0.6 is 0 Å². The molecule has 2 aromatic rings. The van der Waals surface area contributed by atoms with Crippen molar-refractivity contribution >= 4 is 12.6 Å². The Morgan fingerprint density at radius 2 is 1.04 bits per heavy atom. The third-order valence-corrected chi connectivity index (χ3v) is 4.69. The number of aromatic hydroxyl groups is 2. The van der Waals surface area contributed by atoms with Gasteiger partial charge in [0.2, 0.25) is 0 Å². The highest BCUT2D eigenvalue weighted by Gasteiger charge is 2.24. The van der Waals surface area contributed by atoms with Gasteiger partial charge in [0.1, 0.15) is 24.1 Å². The lowest BCUT2D eigenvalue weighted by atomic mass is 9.81. The van der Waals surface area contributed by atoms with Gasteiger partial charge in [0.05, 0.1) is 0 Å². The first-order valence-corrected chi connectivity index (χ1v) is 9.01. The van der Waals surface area contributed by atoms with Crippen LogP contribution in [0.4, 0.5) is 0 Å². The molecule has 4 heteroatoms.